The van der Waals surface area contributed by atoms with Gasteiger partial charge in [-0.3, -0.25) is 14.7 Å². The second kappa shape index (κ2) is 10.6. The third kappa shape index (κ3) is 5.71. The Balaban J connectivity index is 2.43. The van der Waals surface area contributed by atoms with Crippen molar-refractivity contribution in [3.63, 3.8) is 0 Å². The molecule has 12 heteroatoms. The summed E-state index contributed by atoms with van der Waals surface area (Å²) in [7, 11) is -3.64. The predicted octanol–water partition coefficient (Wildman–Crippen LogP) is 1.84. The number of nitrogens with one attached hydrogen (secondary N) is 1. The Morgan fingerprint density at radius 2 is 2.00 bits per heavy atom. The van der Waals surface area contributed by atoms with Gasteiger partial charge >= 0.3 is 6.03 Å². The van der Waals surface area contributed by atoms with E-state index in [1.54, 1.807) is 49.6 Å². The lowest BCUT2D eigenvalue weighted by Gasteiger charge is -2.18. The summed E-state index contributed by atoms with van der Waals surface area (Å²) < 4.78 is 28.9. The van der Waals surface area contributed by atoms with Crippen LogP contribution in [0.1, 0.15) is 20.8 Å². The molecule has 1 aromatic carbocycles. The number of thioether (sulfide) groups is 1. The van der Waals surface area contributed by atoms with Crippen LogP contribution in [-0.2, 0) is 21.4 Å². The maximum atomic E-state index is 12.9. The SMILES string of the molecule is C=CCn1c(S[C@H](C)C(=O)NC(N)=O)nnc1-c1cccc(S(=O)(=O)N(CC)CC)c1. The van der Waals surface area contributed by atoms with Gasteiger partial charge in [-0.05, 0) is 19.1 Å². The number of carbonyl (C=O) groups is 2. The third-order valence-electron chi connectivity index (χ3n) is 4.36. The van der Waals surface area contributed by atoms with Crippen molar-refractivity contribution in [2.45, 2.75) is 42.6 Å². The minimum Gasteiger partial charge on any atom is -0.351 e. The quantitative estimate of drug-likeness (QED) is 0.402. The van der Waals surface area contributed by atoms with Gasteiger partial charge in [0.25, 0.3) is 0 Å². The summed E-state index contributed by atoms with van der Waals surface area (Å²) in [6.45, 7) is 9.97. The van der Waals surface area contributed by atoms with Crippen LogP contribution in [0.3, 0.4) is 0 Å². The lowest BCUT2D eigenvalue weighted by atomic mass is 10.2. The van der Waals surface area contributed by atoms with Gasteiger partial charge in [0.05, 0.1) is 10.1 Å². The normalized spacial score (nSPS) is 12.5. The topological polar surface area (TPSA) is 140 Å². The monoisotopic (exact) mass is 466 g/mol. The molecule has 0 aliphatic heterocycles. The number of hydrogen-bond donors (Lipinski definition) is 2. The highest BCUT2D eigenvalue weighted by atomic mass is 32.2. The molecule has 3 amide bonds. The van der Waals surface area contributed by atoms with Gasteiger partial charge in [-0.2, -0.15) is 4.31 Å². The molecule has 0 aliphatic rings. The first kappa shape index (κ1) is 24.6. The Bertz CT molecular complexity index is 1060. The lowest BCUT2D eigenvalue weighted by Crippen LogP contribution is -2.39. The van der Waals surface area contributed by atoms with Crippen molar-refractivity contribution in [2.75, 3.05) is 13.1 Å². The van der Waals surface area contributed by atoms with Crippen LogP contribution in [0.2, 0.25) is 0 Å². The number of aromatic nitrogens is 3. The summed E-state index contributed by atoms with van der Waals surface area (Å²) in [5.41, 5.74) is 5.55. The number of urea groups is 1. The predicted molar refractivity (Wildman–Crippen MR) is 119 cm³/mol. The van der Waals surface area contributed by atoms with Crippen LogP contribution in [0.25, 0.3) is 11.4 Å². The summed E-state index contributed by atoms with van der Waals surface area (Å²) >= 11 is 1.09. The number of nitrogens with zero attached hydrogens (tertiary/aromatic N) is 4. The average molecular weight is 467 g/mol. The van der Waals surface area contributed by atoms with Crippen molar-refractivity contribution in [1.82, 2.24) is 24.4 Å². The number of amides is 3. The molecule has 0 aliphatic carbocycles. The number of benzene rings is 1. The van der Waals surface area contributed by atoms with Crippen LogP contribution in [0.15, 0.2) is 47.0 Å². The summed E-state index contributed by atoms with van der Waals surface area (Å²) in [4.78, 5) is 23.1. The summed E-state index contributed by atoms with van der Waals surface area (Å²) in [5, 5.41) is 10.1. The summed E-state index contributed by atoms with van der Waals surface area (Å²) in [5.74, 6) is -0.124. The smallest absolute Gasteiger partial charge is 0.318 e. The Kier molecular flexibility index (Phi) is 8.36. The fraction of sp³-hybridized carbons (Fsp3) is 0.368. The van der Waals surface area contributed by atoms with Gasteiger partial charge in [-0.15, -0.1) is 16.8 Å². The van der Waals surface area contributed by atoms with Crippen molar-refractivity contribution in [1.29, 1.82) is 0 Å². The summed E-state index contributed by atoms with van der Waals surface area (Å²) in [6.07, 6.45) is 1.64. The molecule has 0 saturated heterocycles. The second-order valence-electron chi connectivity index (χ2n) is 6.44. The molecule has 1 heterocycles. The van der Waals surface area contributed by atoms with Crippen molar-refractivity contribution < 1.29 is 18.0 Å². The Morgan fingerprint density at radius 1 is 1.32 bits per heavy atom. The molecule has 1 aromatic heterocycles. The van der Waals surface area contributed by atoms with Crippen molar-refractivity contribution in [3.8, 4) is 11.4 Å². The van der Waals surface area contributed by atoms with E-state index in [0.717, 1.165) is 11.8 Å². The van der Waals surface area contributed by atoms with Gasteiger partial charge in [-0.1, -0.05) is 43.8 Å². The van der Waals surface area contributed by atoms with Gasteiger partial charge in [0.1, 0.15) is 0 Å². The number of imide groups is 1. The van der Waals surface area contributed by atoms with Gasteiger partial charge in [0, 0.05) is 25.2 Å². The van der Waals surface area contributed by atoms with Crippen LogP contribution >= 0.6 is 11.8 Å². The zero-order valence-corrected chi connectivity index (χ0v) is 19.2. The average Bonchev–Trinajstić information content (AvgIpc) is 3.11. The molecule has 0 bridgehead atoms. The first-order valence-corrected chi connectivity index (χ1v) is 11.9. The number of nitrogens with two attached hydrogens (primary N) is 1. The summed E-state index contributed by atoms with van der Waals surface area (Å²) in [6, 6.07) is 5.54. The van der Waals surface area contributed by atoms with Crippen LogP contribution < -0.4 is 11.1 Å². The lowest BCUT2D eigenvalue weighted by molar-refractivity contribution is -0.119. The van der Waals surface area contributed by atoms with E-state index >= 15 is 0 Å². The first-order chi connectivity index (χ1) is 14.6. The fourth-order valence-electron chi connectivity index (χ4n) is 2.83. The number of primary amides is 1. The van der Waals surface area contributed by atoms with E-state index in [1.807, 2.05) is 5.32 Å². The first-order valence-electron chi connectivity index (χ1n) is 9.57. The van der Waals surface area contributed by atoms with E-state index < -0.39 is 27.2 Å². The number of allylic oxidation sites excluding steroid dienone is 1. The van der Waals surface area contributed by atoms with Gasteiger partial charge < -0.3 is 5.73 Å². The van der Waals surface area contributed by atoms with Crippen LogP contribution in [-0.4, -0.2) is 57.8 Å². The van der Waals surface area contributed by atoms with E-state index in [-0.39, 0.29) is 4.90 Å². The molecule has 0 saturated carbocycles. The number of carbonyl (C=O) groups excluding carboxylic acids is 2. The second-order valence-corrected chi connectivity index (χ2v) is 9.68. The number of sulfonamides is 1. The van der Waals surface area contributed by atoms with E-state index in [9.17, 15) is 18.0 Å². The molecule has 10 nitrogen and oxygen atoms in total. The highest BCUT2D eigenvalue weighted by Crippen LogP contribution is 2.28. The maximum absolute atomic E-state index is 12.9. The standard InChI is InChI=1S/C19H26N6O4S2/c1-5-11-25-16(22-23-19(25)30-13(4)17(26)21-18(20)27)14-9-8-10-15(12-14)31(28,29)24(6-2)7-3/h5,8-10,12-13H,1,6-7,11H2,2-4H3,(H3,20,21,26,27)/t13-/m1/s1. The molecule has 168 valence electrons. The van der Waals surface area contributed by atoms with Crippen molar-refractivity contribution in [2.24, 2.45) is 5.73 Å². The largest absolute Gasteiger partial charge is 0.351 e. The molecular weight excluding hydrogens is 440 g/mol. The molecule has 2 rings (SSSR count). The Morgan fingerprint density at radius 3 is 2.58 bits per heavy atom. The van der Waals surface area contributed by atoms with Gasteiger partial charge in [0.15, 0.2) is 11.0 Å². The minimum absolute atomic E-state index is 0.158. The van der Waals surface area contributed by atoms with Gasteiger partial charge in [0.2, 0.25) is 15.9 Å². The zero-order chi connectivity index (χ0) is 23.2. The van der Waals surface area contributed by atoms with E-state index in [2.05, 4.69) is 16.8 Å². The van der Waals surface area contributed by atoms with Gasteiger partial charge in [-0.25, -0.2) is 13.2 Å². The molecule has 31 heavy (non-hydrogen) atoms. The molecule has 0 unspecified atom stereocenters. The maximum Gasteiger partial charge on any atom is 0.318 e. The minimum atomic E-state index is -3.64. The van der Waals surface area contributed by atoms with Crippen molar-refractivity contribution >= 4 is 33.7 Å². The number of hydrogen-bond acceptors (Lipinski definition) is 7. The molecule has 3 N–H and O–H groups in total. The third-order valence-corrected chi connectivity index (χ3v) is 7.49. The molecular formula is C19H26N6O4S2. The van der Waals surface area contributed by atoms with E-state index in [0.29, 0.717) is 36.2 Å². The van der Waals surface area contributed by atoms with Crippen molar-refractivity contribution in [3.05, 3.63) is 36.9 Å². The highest BCUT2D eigenvalue weighted by molar-refractivity contribution is 8.00. The van der Waals surface area contributed by atoms with E-state index in [1.165, 1.54) is 10.4 Å². The Hall–Kier alpha value is -2.70. The highest BCUT2D eigenvalue weighted by Gasteiger charge is 2.24. The molecule has 0 fully saturated rings. The van der Waals surface area contributed by atoms with E-state index in [4.69, 9.17) is 5.73 Å². The number of rotatable bonds is 10. The zero-order valence-electron chi connectivity index (χ0n) is 17.6. The van der Waals surface area contributed by atoms with Crippen LogP contribution in [0.5, 0.6) is 0 Å². The van der Waals surface area contributed by atoms with Crippen LogP contribution in [0.4, 0.5) is 4.79 Å². The molecule has 2 aromatic rings. The molecule has 1 atom stereocenters. The molecule has 0 radical (unpaired) electrons. The fourth-order valence-corrected chi connectivity index (χ4v) is 5.19. The van der Waals surface area contributed by atoms with Crippen LogP contribution in [0, 0.1) is 0 Å². The Labute approximate surface area is 185 Å². The molecule has 0 spiro atoms.